The lowest BCUT2D eigenvalue weighted by Gasteiger charge is -2.19. The minimum Gasteiger partial charge on any atom is -0.492 e. The van der Waals surface area contributed by atoms with E-state index in [-0.39, 0.29) is 24.4 Å². The Kier molecular flexibility index (Phi) is 5.64. The number of anilines is 2. The Bertz CT molecular complexity index is 850. The molecule has 1 saturated heterocycles. The number of benzene rings is 2. The molecule has 27 heavy (non-hydrogen) atoms. The van der Waals surface area contributed by atoms with Gasteiger partial charge in [0.25, 0.3) is 0 Å². The van der Waals surface area contributed by atoms with Gasteiger partial charge in [-0.15, -0.1) is 0 Å². The SMILES string of the molecule is CCOc1ccccc1NC(=O)N[C@H]1CC(=O)N(c2ccc(C)c(C)c2)C1. The summed E-state index contributed by atoms with van der Waals surface area (Å²) in [6.45, 7) is 6.94. The summed E-state index contributed by atoms with van der Waals surface area (Å²) in [5.41, 5.74) is 3.80. The highest BCUT2D eigenvalue weighted by molar-refractivity contribution is 5.98. The van der Waals surface area contributed by atoms with Crippen LogP contribution >= 0.6 is 0 Å². The molecule has 0 unspecified atom stereocenters. The lowest BCUT2D eigenvalue weighted by atomic mass is 10.1. The maximum Gasteiger partial charge on any atom is 0.319 e. The number of rotatable bonds is 5. The van der Waals surface area contributed by atoms with Crippen molar-refractivity contribution in [1.29, 1.82) is 0 Å². The Hall–Kier alpha value is -3.02. The summed E-state index contributed by atoms with van der Waals surface area (Å²) >= 11 is 0. The molecule has 0 aliphatic carbocycles. The Morgan fingerprint density at radius 1 is 1.19 bits per heavy atom. The zero-order valence-corrected chi connectivity index (χ0v) is 15.9. The molecule has 1 heterocycles. The third kappa shape index (κ3) is 4.39. The number of hydrogen-bond donors (Lipinski definition) is 2. The highest BCUT2D eigenvalue weighted by atomic mass is 16.5. The Labute approximate surface area is 159 Å². The summed E-state index contributed by atoms with van der Waals surface area (Å²) in [6, 6.07) is 12.7. The van der Waals surface area contributed by atoms with Gasteiger partial charge in [-0.3, -0.25) is 4.79 Å². The molecule has 0 aromatic heterocycles. The van der Waals surface area contributed by atoms with Crippen LogP contribution in [0.4, 0.5) is 16.2 Å². The fourth-order valence-electron chi connectivity index (χ4n) is 3.14. The van der Waals surface area contributed by atoms with Gasteiger partial charge < -0.3 is 20.3 Å². The second-order valence-corrected chi connectivity index (χ2v) is 6.70. The van der Waals surface area contributed by atoms with Crippen molar-refractivity contribution in [1.82, 2.24) is 5.32 Å². The summed E-state index contributed by atoms with van der Waals surface area (Å²) in [5.74, 6) is 0.632. The summed E-state index contributed by atoms with van der Waals surface area (Å²) in [7, 11) is 0. The molecule has 1 aliphatic heterocycles. The number of carbonyl (C=O) groups is 2. The number of nitrogens with zero attached hydrogens (tertiary/aromatic N) is 1. The van der Waals surface area contributed by atoms with Crippen LogP contribution in [-0.2, 0) is 4.79 Å². The third-order valence-electron chi connectivity index (χ3n) is 4.70. The van der Waals surface area contributed by atoms with Gasteiger partial charge in [0.15, 0.2) is 0 Å². The molecule has 1 atom stereocenters. The Morgan fingerprint density at radius 3 is 2.70 bits per heavy atom. The number of ether oxygens (including phenoxy) is 1. The fourth-order valence-corrected chi connectivity index (χ4v) is 3.14. The minimum atomic E-state index is -0.345. The van der Waals surface area contributed by atoms with Crippen molar-refractivity contribution < 1.29 is 14.3 Å². The van der Waals surface area contributed by atoms with E-state index in [4.69, 9.17) is 4.74 Å². The first-order valence-corrected chi connectivity index (χ1v) is 9.15. The first-order chi connectivity index (χ1) is 13.0. The normalized spacial score (nSPS) is 16.3. The largest absolute Gasteiger partial charge is 0.492 e. The standard InChI is InChI=1S/C21H25N3O3/c1-4-27-19-8-6-5-7-18(19)23-21(26)22-16-12-20(25)24(13-16)17-10-9-14(2)15(3)11-17/h5-11,16H,4,12-13H2,1-3H3,(H2,22,23,26)/t16-/m0/s1. The van der Waals surface area contributed by atoms with Crippen molar-refractivity contribution in [3.8, 4) is 5.75 Å². The first-order valence-electron chi connectivity index (χ1n) is 9.15. The molecule has 1 fully saturated rings. The lowest BCUT2D eigenvalue weighted by Crippen LogP contribution is -2.39. The molecule has 2 aromatic rings. The third-order valence-corrected chi connectivity index (χ3v) is 4.70. The van der Waals surface area contributed by atoms with E-state index >= 15 is 0 Å². The second kappa shape index (κ2) is 8.12. The van der Waals surface area contributed by atoms with E-state index in [1.165, 1.54) is 5.56 Å². The highest BCUT2D eigenvalue weighted by Crippen LogP contribution is 2.25. The highest BCUT2D eigenvalue weighted by Gasteiger charge is 2.31. The van der Waals surface area contributed by atoms with Crippen LogP contribution in [0.5, 0.6) is 5.75 Å². The summed E-state index contributed by atoms with van der Waals surface area (Å²) < 4.78 is 5.52. The quantitative estimate of drug-likeness (QED) is 0.848. The van der Waals surface area contributed by atoms with E-state index < -0.39 is 0 Å². The number of amides is 3. The second-order valence-electron chi connectivity index (χ2n) is 6.70. The topological polar surface area (TPSA) is 70.7 Å². The average molecular weight is 367 g/mol. The zero-order chi connectivity index (χ0) is 19.4. The molecule has 2 N–H and O–H groups in total. The van der Waals surface area contributed by atoms with Crippen LogP contribution in [0.3, 0.4) is 0 Å². The fraction of sp³-hybridized carbons (Fsp3) is 0.333. The average Bonchev–Trinajstić information content (AvgIpc) is 2.99. The van der Waals surface area contributed by atoms with Gasteiger partial charge in [-0.25, -0.2) is 4.79 Å². The predicted octanol–water partition coefficient (Wildman–Crippen LogP) is 3.63. The van der Waals surface area contributed by atoms with Crippen molar-refractivity contribution >= 4 is 23.3 Å². The summed E-state index contributed by atoms with van der Waals surface area (Å²) in [5, 5.41) is 5.69. The number of carbonyl (C=O) groups excluding carboxylic acids is 2. The van der Waals surface area contributed by atoms with Crippen LogP contribution in [0.2, 0.25) is 0 Å². The predicted molar refractivity (Wildman–Crippen MR) is 106 cm³/mol. The van der Waals surface area contributed by atoms with Crippen molar-refractivity contribution in [3.63, 3.8) is 0 Å². The van der Waals surface area contributed by atoms with E-state index in [0.717, 1.165) is 11.3 Å². The van der Waals surface area contributed by atoms with Gasteiger partial charge in [0.05, 0.1) is 18.3 Å². The first kappa shape index (κ1) is 18.8. The molecule has 6 nitrogen and oxygen atoms in total. The minimum absolute atomic E-state index is 0.0123. The van der Waals surface area contributed by atoms with Crippen molar-refractivity contribution in [2.24, 2.45) is 0 Å². The van der Waals surface area contributed by atoms with Crippen molar-refractivity contribution in [2.45, 2.75) is 33.2 Å². The molecule has 0 radical (unpaired) electrons. The molecule has 2 aromatic carbocycles. The van der Waals surface area contributed by atoms with Gasteiger partial charge in [-0.2, -0.15) is 0 Å². The van der Waals surface area contributed by atoms with E-state index in [9.17, 15) is 9.59 Å². The van der Waals surface area contributed by atoms with E-state index in [0.29, 0.717) is 24.6 Å². The van der Waals surface area contributed by atoms with Crippen LogP contribution < -0.4 is 20.3 Å². The molecule has 0 saturated carbocycles. The number of aryl methyl sites for hydroxylation is 2. The van der Waals surface area contributed by atoms with E-state index in [2.05, 4.69) is 10.6 Å². The van der Waals surface area contributed by atoms with Gasteiger partial charge in [0.1, 0.15) is 5.75 Å². The van der Waals surface area contributed by atoms with Crippen LogP contribution in [0.25, 0.3) is 0 Å². The molecule has 6 heteroatoms. The van der Waals surface area contributed by atoms with E-state index in [1.54, 1.807) is 17.0 Å². The lowest BCUT2D eigenvalue weighted by molar-refractivity contribution is -0.117. The molecular formula is C21H25N3O3. The maximum atomic E-state index is 12.4. The summed E-state index contributed by atoms with van der Waals surface area (Å²) in [4.78, 5) is 26.5. The van der Waals surface area contributed by atoms with Gasteiger partial charge in [-0.1, -0.05) is 18.2 Å². The molecule has 3 rings (SSSR count). The Balaban J connectivity index is 1.62. The van der Waals surface area contributed by atoms with Crippen LogP contribution in [0.1, 0.15) is 24.5 Å². The molecule has 0 spiro atoms. The molecule has 3 amide bonds. The number of urea groups is 1. The maximum absolute atomic E-state index is 12.4. The van der Waals surface area contributed by atoms with Crippen molar-refractivity contribution in [3.05, 3.63) is 53.6 Å². The molecule has 0 bridgehead atoms. The van der Waals surface area contributed by atoms with Crippen LogP contribution in [-0.4, -0.2) is 31.1 Å². The molecular weight excluding hydrogens is 342 g/mol. The number of nitrogens with one attached hydrogen (secondary N) is 2. The van der Waals surface area contributed by atoms with Crippen LogP contribution in [0, 0.1) is 13.8 Å². The van der Waals surface area contributed by atoms with Crippen molar-refractivity contribution in [2.75, 3.05) is 23.4 Å². The van der Waals surface area contributed by atoms with Crippen LogP contribution in [0.15, 0.2) is 42.5 Å². The molecule has 142 valence electrons. The summed E-state index contributed by atoms with van der Waals surface area (Å²) in [6.07, 6.45) is 0.285. The molecule has 1 aliphatic rings. The smallest absolute Gasteiger partial charge is 0.319 e. The Morgan fingerprint density at radius 2 is 1.96 bits per heavy atom. The van der Waals surface area contributed by atoms with Gasteiger partial charge >= 0.3 is 6.03 Å². The van der Waals surface area contributed by atoms with Gasteiger partial charge in [0.2, 0.25) is 5.91 Å². The van der Waals surface area contributed by atoms with E-state index in [1.807, 2.05) is 51.1 Å². The number of para-hydroxylation sites is 2. The number of hydrogen-bond acceptors (Lipinski definition) is 3. The monoisotopic (exact) mass is 367 g/mol. The van der Waals surface area contributed by atoms with Gasteiger partial charge in [-0.05, 0) is 56.2 Å². The van der Waals surface area contributed by atoms with Gasteiger partial charge in [0, 0.05) is 18.7 Å². The zero-order valence-electron chi connectivity index (χ0n) is 15.9.